The van der Waals surface area contributed by atoms with Crippen LogP contribution in [-0.2, 0) is 0 Å². The number of aromatic amines is 1. The molecule has 2 rings (SSSR count). The van der Waals surface area contributed by atoms with Gasteiger partial charge in [0, 0.05) is 17.7 Å². The fourth-order valence-corrected chi connectivity index (χ4v) is 1.98. The van der Waals surface area contributed by atoms with Crippen molar-refractivity contribution in [1.82, 2.24) is 20.5 Å². The third-order valence-electron chi connectivity index (χ3n) is 3.05. The first-order valence-corrected chi connectivity index (χ1v) is 6.10. The third-order valence-corrected chi connectivity index (χ3v) is 3.05. The standard InChI is InChI=1S/C13H18N4O2/c1-8(16-9(2)13-14-7-15-17-13)11-5-4-10(19-3)6-12(11)18/h4-9,16,18H,1-3H3,(H,14,15,17). The smallest absolute Gasteiger partial charge is 0.141 e. The molecule has 2 atom stereocenters. The second-order valence-corrected chi connectivity index (χ2v) is 4.41. The number of phenolic OH excluding ortho intramolecular Hbond substituents is 1. The number of methoxy groups -OCH3 is 1. The molecule has 0 aliphatic carbocycles. The first-order chi connectivity index (χ1) is 9.11. The van der Waals surface area contributed by atoms with Crippen molar-refractivity contribution in [3.05, 3.63) is 35.9 Å². The number of phenols is 1. The number of H-pyrrole nitrogens is 1. The second-order valence-electron chi connectivity index (χ2n) is 4.41. The molecule has 0 fully saturated rings. The van der Waals surface area contributed by atoms with Crippen LogP contribution in [0.5, 0.6) is 11.5 Å². The average molecular weight is 262 g/mol. The minimum Gasteiger partial charge on any atom is -0.507 e. The highest BCUT2D eigenvalue weighted by molar-refractivity contribution is 5.41. The summed E-state index contributed by atoms with van der Waals surface area (Å²) in [6.45, 7) is 3.96. The Labute approximate surface area is 111 Å². The summed E-state index contributed by atoms with van der Waals surface area (Å²) in [6.07, 6.45) is 1.48. The number of benzene rings is 1. The maximum absolute atomic E-state index is 9.98. The number of nitrogens with one attached hydrogen (secondary N) is 2. The molecule has 1 aromatic carbocycles. The van der Waals surface area contributed by atoms with Crippen LogP contribution < -0.4 is 10.1 Å². The van der Waals surface area contributed by atoms with Crippen molar-refractivity contribution in [1.29, 1.82) is 0 Å². The summed E-state index contributed by atoms with van der Waals surface area (Å²) in [4.78, 5) is 4.10. The van der Waals surface area contributed by atoms with E-state index in [1.807, 2.05) is 26.0 Å². The van der Waals surface area contributed by atoms with Gasteiger partial charge >= 0.3 is 0 Å². The zero-order valence-electron chi connectivity index (χ0n) is 11.2. The van der Waals surface area contributed by atoms with E-state index in [2.05, 4.69) is 20.5 Å². The van der Waals surface area contributed by atoms with Gasteiger partial charge in [-0.1, -0.05) is 6.07 Å². The molecule has 0 radical (unpaired) electrons. The maximum Gasteiger partial charge on any atom is 0.141 e. The molecule has 102 valence electrons. The average Bonchev–Trinajstić information content (AvgIpc) is 2.92. The van der Waals surface area contributed by atoms with E-state index in [-0.39, 0.29) is 17.8 Å². The first kappa shape index (κ1) is 13.4. The molecule has 0 bridgehead atoms. The Bertz CT molecular complexity index is 527. The van der Waals surface area contributed by atoms with Gasteiger partial charge in [0.2, 0.25) is 0 Å². The molecule has 0 aliphatic heterocycles. The Kier molecular flexibility index (Phi) is 4.01. The highest BCUT2D eigenvalue weighted by Gasteiger charge is 2.16. The first-order valence-electron chi connectivity index (χ1n) is 6.10. The Morgan fingerprint density at radius 2 is 2.11 bits per heavy atom. The van der Waals surface area contributed by atoms with Crippen LogP contribution in [0.2, 0.25) is 0 Å². The van der Waals surface area contributed by atoms with Crippen LogP contribution in [0, 0.1) is 0 Å². The lowest BCUT2D eigenvalue weighted by molar-refractivity contribution is 0.401. The third kappa shape index (κ3) is 3.03. The molecule has 0 amide bonds. The summed E-state index contributed by atoms with van der Waals surface area (Å²) in [5, 5.41) is 20.0. The van der Waals surface area contributed by atoms with Crippen LogP contribution in [0.15, 0.2) is 24.5 Å². The van der Waals surface area contributed by atoms with E-state index in [0.29, 0.717) is 5.75 Å². The van der Waals surface area contributed by atoms with E-state index in [1.165, 1.54) is 6.33 Å². The lowest BCUT2D eigenvalue weighted by atomic mass is 10.1. The van der Waals surface area contributed by atoms with E-state index in [4.69, 9.17) is 4.74 Å². The van der Waals surface area contributed by atoms with Gasteiger partial charge in [0.25, 0.3) is 0 Å². The zero-order valence-corrected chi connectivity index (χ0v) is 11.2. The normalized spacial score (nSPS) is 14.1. The largest absolute Gasteiger partial charge is 0.507 e. The lowest BCUT2D eigenvalue weighted by Crippen LogP contribution is -2.23. The molecule has 19 heavy (non-hydrogen) atoms. The van der Waals surface area contributed by atoms with E-state index >= 15 is 0 Å². The summed E-state index contributed by atoms with van der Waals surface area (Å²) >= 11 is 0. The molecule has 2 aromatic rings. The minimum atomic E-state index is -0.0222. The molecule has 1 aromatic heterocycles. The number of hydrogen-bond donors (Lipinski definition) is 3. The van der Waals surface area contributed by atoms with Gasteiger partial charge in [-0.2, -0.15) is 5.10 Å². The summed E-state index contributed by atoms with van der Waals surface area (Å²) < 4.78 is 5.07. The number of nitrogens with zero attached hydrogens (tertiary/aromatic N) is 2. The predicted octanol–water partition coefficient (Wildman–Crippen LogP) is 1.93. The molecule has 3 N–H and O–H groups in total. The lowest BCUT2D eigenvalue weighted by Gasteiger charge is -2.19. The van der Waals surface area contributed by atoms with Crippen LogP contribution in [-0.4, -0.2) is 27.4 Å². The van der Waals surface area contributed by atoms with Crippen LogP contribution in [0.3, 0.4) is 0 Å². The van der Waals surface area contributed by atoms with Gasteiger partial charge in [0.05, 0.1) is 13.2 Å². The molecular weight excluding hydrogens is 244 g/mol. The topological polar surface area (TPSA) is 83.1 Å². The number of hydrogen-bond acceptors (Lipinski definition) is 5. The minimum absolute atomic E-state index is 0.0130. The number of rotatable bonds is 5. The van der Waals surface area contributed by atoms with Crippen molar-refractivity contribution >= 4 is 0 Å². The molecule has 0 saturated carbocycles. The zero-order chi connectivity index (χ0) is 13.8. The molecule has 6 heteroatoms. The highest BCUT2D eigenvalue weighted by Crippen LogP contribution is 2.29. The van der Waals surface area contributed by atoms with Crippen LogP contribution in [0.4, 0.5) is 0 Å². The van der Waals surface area contributed by atoms with Crippen molar-refractivity contribution < 1.29 is 9.84 Å². The van der Waals surface area contributed by atoms with Crippen molar-refractivity contribution in [2.75, 3.05) is 7.11 Å². The van der Waals surface area contributed by atoms with Crippen molar-refractivity contribution in [2.24, 2.45) is 0 Å². The molecule has 1 heterocycles. The van der Waals surface area contributed by atoms with Gasteiger partial charge in [0.1, 0.15) is 23.7 Å². The van der Waals surface area contributed by atoms with Crippen LogP contribution in [0.25, 0.3) is 0 Å². The second kappa shape index (κ2) is 5.71. The Hall–Kier alpha value is -2.08. The van der Waals surface area contributed by atoms with Crippen molar-refractivity contribution in [3.8, 4) is 11.5 Å². The van der Waals surface area contributed by atoms with Crippen LogP contribution >= 0.6 is 0 Å². The SMILES string of the molecule is COc1ccc(C(C)NC(C)c2ncn[nH]2)c(O)c1. The van der Waals surface area contributed by atoms with Gasteiger partial charge in [-0.3, -0.25) is 5.10 Å². The molecule has 0 aliphatic rings. The summed E-state index contributed by atoms with van der Waals surface area (Å²) in [6, 6.07) is 5.27. The summed E-state index contributed by atoms with van der Waals surface area (Å²) in [5.74, 6) is 1.61. The molecular formula is C13H18N4O2. The van der Waals surface area contributed by atoms with Gasteiger partial charge in [-0.15, -0.1) is 0 Å². The molecule has 0 spiro atoms. The quantitative estimate of drug-likeness (QED) is 0.767. The Morgan fingerprint density at radius 3 is 2.68 bits per heavy atom. The van der Waals surface area contributed by atoms with Crippen molar-refractivity contribution in [3.63, 3.8) is 0 Å². The summed E-state index contributed by atoms with van der Waals surface area (Å²) in [5.41, 5.74) is 0.812. The fraction of sp³-hybridized carbons (Fsp3) is 0.385. The molecule has 6 nitrogen and oxygen atoms in total. The Balaban J connectivity index is 2.09. The van der Waals surface area contributed by atoms with E-state index < -0.39 is 0 Å². The molecule has 2 unspecified atom stereocenters. The fourth-order valence-electron chi connectivity index (χ4n) is 1.98. The number of aromatic hydroxyl groups is 1. The predicted molar refractivity (Wildman–Crippen MR) is 71.0 cm³/mol. The van der Waals surface area contributed by atoms with Crippen LogP contribution in [0.1, 0.15) is 37.3 Å². The Morgan fingerprint density at radius 1 is 1.32 bits per heavy atom. The highest BCUT2D eigenvalue weighted by atomic mass is 16.5. The van der Waals surface area contributed by atoms with E-state index in [1.54, 1.807) is 13.2 Å². The number of aromatic nitrogens is 3. The number of ether oxygens (including phenoxy) is 1. The maximum atomic E-state index is 9.98. The van der Waals surface area contributed by atoms with Crippen molar-refractivity contribution in [2.45, 2.75) is 25.9 Å². The van der Waals surface area contributed by atoms with Gasteiger partial charge in [0.15, 0.2) is 0 Å². The van der Waals surface area contributed by atoms with Gasteiger partial charge < -0.3 is 15.2 Å². The van der Waals surface area contributed by atoms with E-state index in [9.17, 15) is 5.11 Å². The van der Waals surface area contributed by atoms with E-state index in [0.717, 1.165) is 11.4 Å². The summed E-state index contributed by atoms with van der Waals surface area (Å²) in [7, 11) is 1.57. The monoisotopic (exact) mass is 262 g/mol. The molecule has 0 saturated heterocycles. The van der Waals surface area contributed by atoms with Gasteiger partial charge in [-0.25, -0.2) is 4.98 Å². The van der Waals surface area contributed by atoms with Gasteiger partial charge in [-0.05, 0) is 19.9 Å².